The maximum atomic E-state index is 5.95. The third kappa shape index (κ3) is 4.24. The van der Waals surface area contributed by atoms with Crippen molar-refractivity contribution in [3.05, 3.63) is 89.2 Å². The van der Waals surface area contributed by atoms with Crippen LogP contribution in [0.5, 0.6) is 0 Å². The third-order valence-corrected chi connectivity index (χ3v) is 6.39. The fourth-order valence-corrected chi connectivity index (χ4v) is 4.41. The number of halogens is 1. The quantitative estimate of drug-likeness (QED) is 0.196. The van der Waals surface area contributed by atoms with Gasteiger partial charge in [-0.3, -0.25) is 0 Å². The molecular formula is C24H17BrN4OS. The zero-order valence-electron chi connectivity index (χ0n) is 16.6. The van der Waals surface area contributed by atoms with Gasteiger partial charge in [-0.25, -0.2) is 9.97 Å². The van der Waals surface area contributed by atoms with Gasteiger partial charge in [0, 0.05) is 21.0 Å². The van der Waals surface area contributed by atoms with Crippen LogP contribution in [0.3, 0.4) is 0 Å². The fourth-order valence-electron chi connectivity index (χ4n) is 3.18. The number of thioether (sulfide) groups is 1. The first-order valence-electron chi connectivity index (χ1n) is 9.75. The fraction of sp³-hybridized carbons (Fsp3) is 0.0833. The molecule has 1 atom stereocenters. The van der Waals surface area contributed by atoms with Crippen molar-refractivity contribution < 1.29 is 4.42 Å². The number of nitrogens with zero attached hydrogens (tertiary/aromatic N) is 4. The van der Waals surface area contributed by atoms with Gasteiger partial charge in [-0.05, 0) is 37.3 Å². The van der Waals surface area contributed by atoms with E-state index in [-0.39, 0.29) is 5.25 Å². The van der Waals surface area contributed by atoms with Gasteiger partial charge in [0.05, 0.1) is 10.8 Å². The molecule has 3 aromatic carbocycles. The average molecular weight is 489 g/mol. The first-order chi connectivity index (χ1) is 15.2. The van der Waals surface area contributed by atoms with Gasteiger partial charge in [0.15, 0.2) is 5.82 Å². The van der Waals surface area contributed by atoms with Gasteiger partial charge in [-0.2, -0.15) is 0 Å². The van der Waals surface area contributed by atoms with Crippen molar-refractivity contribution in [2.24, 2.45) is 0 Å². The Morgan fingerprint density at radius 1 is 0.806 bits per heavy atom. The van der Waals surface area contributed by atoms with Crippen LogP contribution in [0.25, 0.3) is 33.7 Å². The monoisotopic (exact) mass is 488 g/mol. The van der Waals surface area contributed by atoms with Crippen molar-refractivity contribution in [2.45, 2.75) is 17.2 Å². The van der Waals surface area contributed by atoms with E-state index in [0.717, 1.165) is 31.5 Å². The summed E-state index contributed by atoms with van der Waals surface area (Å²) in [4.78, 5) is 9.65. The first kappa shape index (κ1) is 19.9. The molecule has 5 aromatic rings. The van der Waals surface area contributed by atoms with Crippen molar-refractivity contribution >= 4 is 38.6 Å². The molecule has 0 saturated heterocycles. The summed E-state index contributed by atoms with van der Waals surface area (Å²) in [6, 6.07) is 25.8. The predicted octanol–water partition coefficient (Wildman–Crippen LogP) is 6.96. The second-order valence-corrected chi connectivity index (χ2v) is 9.19. The molecule has 0 radical (unpaired) electrons. The summed E-state index contributed by atoms with van der Waals surface area (Å²) in [5, 5.41) is 10.3. The lowest BCUT2D eigenvalue weighted by Crippen LogP contribution is -1.96. The van der Waals surface area contributed by atoms with E-state index in [0.29, 0.717) is 17.6 Å². The highest BCUT2D eigenvalue weighted by Crippen LogP contribution is 2.38. The average Bonchev–Trinajstić information content (AvgIpc) is 3.31. The van der Waals surface area contributed by atoms with Crippen molar-refractivity contribution in [1.29, 1.82) is 0 Å². The van der Waals surface area contributed by atoms with E-state index in [4.69, 9.17) is 14.4 Å². The number of hydrogen-bond acceptors (Lipinski definition) is 6. The largest absolute Gasteiger partial charge is 0.419 e. The summed E-state index contributed by atoms with van der Waals surface area (Å²) in [5.74, 6) is 1.78. The lowest BCUT2D eigenvalue weighted by molar-refractivity contribution is 0.509. The molecule has 0 fully saturated rings. The Hall–Kier alpha value is -3.03. The Bertz CT molecular complexity index is 1340. The van der Waals surface area contributed by atoms with Crippen molar-refractivity contribution in [3.63, 3.8) is 0 Å². The molecule has 0 aliphatic rings. The van der Waals surface area contributed by atoms with Gasteiger partial charge in [0.25, 0.3) is 0 Å². The van der Waals surface area contributed by atoms with Crippen LogP contribution in [0.2, 0.25) is 0 Å². The van der Waals surface area contributed by atoms with E-state index < -0.39 is 0 Å². The molecule has 152 valence electrons. The number of hydrogen-bond donors (Lipinski definition) is 0. The van der Waals surface area contributed by atoms with Crippen LogP contribution in [0.1, 0.15) is 18.1 Å². The number of para-hydroxylation sites is 1. The molecule has 0 spiro atoms. The van der Waals surface area contributed by atoms with Crippen LogP contribution in [0.4, 0.5) is 0 Å². The second-order valence-electron chi connectivity index (χ2n) is 6.95. The summed E-state index contributed by atoms with van der Waals surface area (Å²) in [6.07, 6.45) is 0. The van der Waals surface area contributed by atoms with Crippen LogP contribution in [-0.4, -0.2) is 20.2 Å². The van der Waals surface area contributed by atoms with E-state index in [9.17, 15) is 0 Å². The smallest absolute Gasteiger partial charge is 0.247 e. The van der Waals surface area contributed by atoms with E-state index in [1.54, 1.807) is 11.8 Å². The minimum absolute atomic E-state index is 0.0685. The Labute approximate surface area is 192 Å². The SMILES string of the molecule is CC(Sc1nc(-c2ccc(Br)cc2)nc2ccccc12)c1nnc(-c2ccccc2)o1. The first-order valence-corrected chi connectivity index (χ1v) is 11.4. The topological polar surface area (TPSA) is 64.7 Å². The zero-order chi connectivity index (χ0) is 21.2. The summed E-state index contributed by atoms with van der Waals surface area (Å²) in [5.41, 5.74) is 2.77. The molecule has 0 aliphatic carbocycles. The summed E-state index contributed by atoms with van der Waals surface area (Å²) < 4.78 is 6.97. The number of rotatable bonds is 5. The molecule has 0 aliphatic heterocycles. The lowest BCUT2D eigenvalue weighted by atomic mass is 10.2. The normalized spacial score (nSPS) is 12.2. The van der Waals surface area contributed by atoms with E-state index in [1.165, 1.54) is 0 Å². The Morgan fingerprint density at radius 3 is 2.35 bits per heavy atom. The molecule has 7 heteroatoms. The molecule has 31 heavy (non-hydrogen) atoms. The second kappa shape index (κ2) is 8.61. The van der Waals surface area contributed by atoms with Crippen LogP contribution < -0.4 is 0 Å². The van der Waals surface area contributed by atoms with Crippen molar-refractivity contribution in [1.82, 2.24) is 20.2 Å². The maximum Gasteiger partial charge on any atom is 0.247 e. The molecule has 5 nitrogen and oxygen atoms in total. The molecular weight excluding hydrogens is 472 g/mol. The van der Waals surface area contributed by atoms with Crippen LogP contribution in [-0.2, 0) is 0 Å². The van der Waals surface area contributed by atoms with Gasteiger partial charge in [0.2, 0.25) is 11.8 Å². The summed E-state index contributed by atoms with van der Waals surface area (Å²) >= 11 is 5.07. The maximum absolute atomic E-state index is 5.95. The number of fused-ring (bicyclic) bond motifs is 1. The highest BCUT2D eigenvalue weighted by molar-refractivity contribution is 9.10. The predicted molar refractivity (Wildman–Crippen MR) is 127 cm³/mol. The van der Waals surface area contributed by atoms with Crippen LogP contribution in [0, 0.1) is 0 Å². The molecule has 0 amide bonds. The molecule has 0 N–H and O–H groups in total. The molecule has 0 bridgehead atoms. The van der Waals surface area contributed by atoms with E-state index in [2.05, 4.69) is 26.1 Å². The van der Waals surface area contributed by atoms with E-state index >= 15 is 0 Å². The third-order valence-electron chi connectivity index (χ3n) is 4.77. The molecule has 2 heterocycles. The van der Waals surface area contributed by atoms with Gasteiger partial charge in [-0.1, -0.05) is 76.2 Å². The van der Waals surface area contributed by atoms with Gasteiger partial charge < -0.3 is 4.42 Å². The molecule has 0 saturated carbocycles. The zero-order valence-corrected chi connectivity index (χ0v) is 19.0. The number of benzene rings is 3. The van der Waals surface area contributed by atoms with Crippen molar-refractivity contribution in [2.75, 3.05) is 0 Å². The minimum atomic E-state index is -0.0685. The van der Waals surface area contributed by atoms with Gasteiger partial charge in [0.1, 0.15) is 5.03 Å². The highest BCUT2D eigenvalue weighted by atomic mass is 79.9. The molecule has 5 rings (SSSR count). The van der Waals surface area contributed by atoms with Gasteiger partial charge >= 0.3 is 0 Å². The Kier molecular flexibility index (Phi) is 5.53. The van der Waals surface area contributed by atoms with Crippen molar-refractivity contribution in [3.8, 4) is 22.8 Å². The number of aromatic nitrogens is 4. The molecule has 2 aromatic heterocycles. The Morgan fingerprint density at radius 2 is 1.55 bits per heavy atom. The summed E-state index contributed by atoms with van der Waals surface area (Å²) in [6.45, 7) is 2.04. The highest BCUT2D eigenvalue weighted by Gasteiger charge is 2.19. The van der Waals surface area contributed by atoms with Gasteiger partial charge in [-0.15, -0.1) is 10.2 Å². The minimum Gasteiger partial charge on any atom is -0.419 e. The lowest BCUT2D eigenvalue weighted by Gasteiger charge is -2.11. The van der Waals surface area contributed by atoms with E-state index in [1.807, 2.05) is 85.8 Å². The van der Waals surface area contributed by atoms with Crippen LogP contribution >= 0.6 is 27.7 Å². The Balaban J connectivity index is 1.49. The standard InChI is InChI=1S/C24H17BrN4OS/c1-15(22-28-29-23(30-22)17-7-3-2-4-8-17)31-24-19-9-5-6-10-20(19)26-21(27-24)16-11-13-18(25)14-12-16/h2-15H,1H3. The molecule has 1 unspecified atom stereocenters. The van der Waals surface area contributed by atoms with Crippen LogP contribution in [0.15, 0.2) is 92.8 Å². The summed E-state index contributed by atoms with van der Waals surface area (Å²) in [7, 11) is 0.